The van der Waals surface area contributed by atoms with Crippen LogP contribution in [0.2, 0.25) is 5.15 Å². The molecule has 0 saturated heterocycles. The summed E-state index contributed by atoms with van der Waals surface area (Å²) in [4.78, 5) is 4.01. The van der Waals surface area contributed by atoms with Crippen LogP contribution in [-0.4, -0.2) is 14.6 Å². The topological polar surface area (TPSA) is 56.2 Å². The van der Waals surface area contributed by atoms with Gasteiger partial charge in [-0.3, -0.25) is 0 Å². The fourth-order valence-corrected chi connectivity index (χ4v) is 1.18. The first-order valence-electron chi connectivity index (χ1n) is 3.50. The van der Waals surface area contributed by atoms with Gasteiger partial charge in [0.25, 0.3) is 0 Å². The average Bonchev–Trinajstić information content (AvgIpc) is 2.43. The first-order chi connectivity index (χ1) is 5.79. The molecule has 2 heterocycles. The van der Waals surface area contributed by atoms with Crippen molar-refractivity contribution in [3.05, 3.63) is 29.2 Å². The van der Waals surface area contributed by atoms with Crippen molar-refractivity contribution in [2.45, 2.75) is 6.54 Å². The van der Waals surface area contributed by atoms with Crippen LogP contribution < -0.4 is 5.73 Å². The molecule has 0 aliphatic rings. The van der Waals surface area contributed by atoms with Crippen molar-refractivity contribution in [3.63, 3.8) is 0 Å². The normalized spacial score (nSPS) is 10.8. The summed E-state index contributed by atoms with van der Waals surface area (Å²) in [7, 11) is 0. The molecule has 0 amide bonds. The Bertz CT molecular complexity index is 409. The molecule has 2 N–H and O–H groups in total. The average molecular weight is 183 g/mol. The molecule has 12 heavy (non-hydrogen) atoms. The number of hydrogen-bond donors (Lipinski definition) is 1. The van der Waals surface area contributed by atoms with Gasteiger partial charge in [-0.1, -0.05) is 11.6 Å². The van der Waals surface area contributed by atoms with Crippen LogP contribution in [0, 0.1) is 0 Å². The molecule has 4 nitrogen and oxygen atoms in total. The molecular formula is C7H7ClN4. The molecule has 0 spiro atoms. The van der Waals surface area contributed by atoms with Crippen LogP contribution in [0.4, 0.5) is 0 Å². The predicted molar refractivity (Wildman–Crippen MR) is 45.9 cm³/mol. The van der Waals surface area contributed by atoms with E-state index >= 15 is 0 Å². The molecule has 0 aromatic carbocycles. The van der Waals surface area contributed by atoms with Crippen molar-refractivity contribution in [3.8, 4) is 0 Å². The maximum atomic E-state index is 5.68. The number of aromatic nitrogens is 3. The van der Waals surface area contributed by atoms with Crippen LogP contribution in [0.15, 0.2) is 18.3 Å². The van der Waals surface area contributed by atoms with Crippen molar-refractivity contribution in [1.82, 2.24) is 14.6 Å². The van der Waals surface area contributed by atoms with E-state index in [1.54, 1.807) is 10.7 Å². The largest absolute Gasteiger partial charge is 0.325 e. The third-order valence-electron chi connectivity index (χ3n) is 1.56. The minimum absolute atomic E-state index is 0.422. The van der Waals surface area contributed by atoms with E-state index in [-0.39, 0.29) is 0 Å². The third kappa shape index (κ3) is 1.15. The van der Waals surface area contributed by atoms with E-state index in [0.29, 0.717) is 11.7 Å². The van der Waals surface area contributed by atoms with Crippen molar-refractivity contribution in [1.29, 1.82) is 0 Å². The molecule has 2 aromatic rings. The van der Waals surface area contributed by atoms with Crippen molar-refractivity contribution >= 4 is 17.2 Å². The Kier molecular flexibility index (Phi) is 1.71. The van der Waals surface area contributed by atoms with Crippen LogP contribution in [0.1, 0.15) is 5.69 Å². The summed E-state index contributed by atoms with van der Waals surface area (Å²) < 4.78 is 1.62. The first-order valence-corrected chi connectivity index (χ1v) is 3.88. The maximum absolute atomic E-state index is 5.68. The highest BCUT2D eigenvalue weighted by Gasteiger charge is 1.99. The van der Waals surface area contributed by atoms with Gasteiger partial charge in [-0.05, 0) is 12.1 Å². The van der Waals surface area contributed by atoms with E-state index < -0.39 is 0 Å². The molecule has 2 aromatic heterocycles. The number of fused-ring (bicyclic) bond motifs is 1. The standard InChI is InChI=1S/C7H7ClN4/c8-6-4-12-7(10-6)2-1-5(3-9)11-12/h1-2,4H,3,9H2. The quantitative estimate of drug-likeness (QED) is 0.711. The highest BCUT2D eigenvalue weighted by atomic mass is 35.5. The molecule has 0 fully saturated rings. The SMILES string of the molecule is NCc1ccc2nc(Cl)cn2n1. The predicted octanol–water partition coefficient (Wildman–Crippen LogP) is 0.841. The monoisotopic (exact) mass is 182 g/mol. The van der Waals surface area contributed by atoms with Gasteiger partial charge in [0.05, 0.1) is 11.9 Å². The van der Waals surface area contributed by atoms with E-state index in [9.17, 15) is 0 Å². The number of halogens is 1. The highest BCUT2D eigenvalue weighted by molar-refractivity contribution is 6.29. The smallest absolute Gasteiger partial charge is 0.155 e. The third-order valence-corrected chi connectivity index (χ3v) is 1.74. The summed E-state index contributed by atoms with van der Waals surface area (Å²) in [6.07, 6.45) is 1.65. The Hall–Kier alpha value is -1.13. The van der Waals surface area contributed by atoms with Gasteiger partial charge in [0.15, 0.2) is 5.65 Å². The lowest BCUT2D eigenvalue weighted by Crippen LogP contribution is -2.02. The van der Waals surface area contributed by atoms with E-state index in [1.807, 2.05) is 12.1 Å². The molecule has 0 saturated carbocycles. The molecule has 0 aliphatic heterocycles. The second kappa shape index (κ2) is 2.73. The highest BCUT2D eigenvalue weighted by Crippen LogP contribution is 2.08. The summed E-state index contributed by atoms with van der Waals surface area (Å²) in [5.41, 5.74) is 6.97. The molecule has 62 valence electrons. The summed E-state index contributed by atoms with van der Waals surface area (Å²) >= 11 is 5.68. The van der Waals surface area contributed by atoms with Gasteiger partial charge in [0.2, 0.25) is 0 Å². The molecule has 0 aliphatic carbocycles. The summed E-state index contributed by atoms with van der Waals surface area (Å²) in [6, 6.07) is 3.67. The lowest BCUT2D eigenvalue weighted by Gasteiger charge is -1.95. The minimum Gasteiger partial charge on any atom is -0.325 e. The zero-order valence-corrected chi connectivity index (χ0v) is 6.99. The van der Waals surface area contributed by atoms with Crippen LogP contribution >= 0.6 is 11.6 Å². The number of nitrogens with two attached hydrogens (primary N) is 1. The second-order valence-electron chi connectivity index (χ2n) is 2.40. The number of hydrogen-bond acceptors (Lipinski definition) is 3. The Labute approximate surface area is 74.0 Å². The molecule has 0 radical (unpaired) electrons. The van der Waals surface area contributed by atoms with Crippen LogP contribution in [0.25, 0.3) is 5.65 Å². The van der Waals surface area contributed by atoms with Crippen molar-refractivity contribution in [2.24, 2.45) is 5.73 Å². The molecule has 0 bridgehead atoms. The van der Waals surface area contributed by atoms with Crippen LogP contribution in [0.3, 0.4) is 0 Å². The number of nitrogens with zero attached hydrogens (tertiary/aromatic N) is 3. The fourth-order valence-electron chi connectivity index (χ4n) is 1.00. The van der Waals surface area contributed by atoms with E-state index in [1.165, 1.54) is 0 Å². The van der Waals surface area contributed by atoms with E-state index in [2.05, 4.69) is 10.1 Å². The molecular weight excluding hydrogens is 176 g/mol. The fraction of sp³-hybridized carbons (Fsp3) is 0.143. The molecule has 0 unspecified atom stereocenters. The zero-order chi connectivity index (χ0) is 8.55. The van der Waals surface area contributed by atoms with Crippen LogP contribution in [-0.2, 0) is 6.54 Å². The van der Waals surface area contributed by atoms with E-state index in [0.717, 1.165) is 11.3 Å². The number of rotatable bonds is 1. The van der Waals surface area contributed by atoms with Gasteiger partial charge in [0.1, 0.15) is 5.15 Å². The minimum atomic E-state index is 0.422. The lowest BCUT2D eigenvalue weighted by atomic mass is 10.4. The van der Waals surface area contributed by atoms with Gasteiger partial charge >= 0.3 is 0 Å². The van der Waals surface area contributed by atoms with E-state index in [4.69, 9.17) is 17.3 Å². The lowest BCUT2D eigenvalue weighted by molar-refractivity contribution is 0.849. The second-order valence-corrected chi connectivity index (χ2v) is 2.78. The molecule has 5 heteroatoms. The summed E-state index contributed by atoms with van der Waals surface area (Å²) in [5.74, 6) is 0. The Morgan fingerprint density at radius 2 is 2.33 bits per heavy atom. The van der Waals surface area contributed by atoms with Crippen molar-refractivity contribution < 1.29 is 0 Å². The Morgan fingerprint density at radius 3 is 3.08 bits per heavy atom. The first kappa shape index (κ1) is 7.52. The van der Waals surface area contributed by atoms with Crippen molar-refractivity contribution in [2.75, 3.05) is 0 Å². The summed E-state index contributed by atoms with van der Waals surface area (Å²) in [6.45, 7) is 0.422. The maximum Gasteiger partial charge on any atom is 0.155 e. The summed E-state index contributed by atoms with van der Waals surface area (Å²) in [5, 5.41) is 4.60. The Morgan fingerprint density at radius 1 is 1.50 bits per heavy atom. The molecule has 2 rings (SSSR count). The van der Waals surface area contributed by atoms with Gasteiger partial charge in [-0.2, -0.15) is 5.10 Å². The van der Waals surface area contributed by atoms with Gasteiger partial charge in [-0.25, -0.2) is 9.50 Å². The Balaban J connectivity index is 2.66. The van der Waals surface area contributed by atoms with Crippen LogP contribution in [0.5, 0.6) is 0 Å². The molecule has 0 atom stereocenters. The zero-order valence-electron chi connectivity index (χ0n) is 6.24. The van der Waals surface area contributed by atoms with Gasteiger partial charge < -0.3 is 5.73 Å². The van der Waals surface area contributed by atoms with Gasteiger partial charge in [0, 0.05) is 6.54 Å². The number of imidazole rings is 1. The van der Waals surface area contributed by atoms with Gasteiger partial charge in [-0.15, -0.1) is 0 Å².